The van der Waals surface area contributed by atoms with Gasteiger partial charge in [0.1, 0.15) is 5.69 Å². The van der Waals surface area contributed by atoms with Crippen LogP contribution in [0.1, 0.15) is 16.2 Å². The molecule has 10 nitrogen and oxygen atoms in total. The van der Waals surface area contributed by atoms with Gasteiger partial charge in [-0.15, -0.1) is 10.2 Å². The van der Waals surface area contributed by atoms with Gasteiger partial charge in [-0.1, -0.05) is 42.1 Å². The molecule has 0 aliphatic carbocycles. The number of rotatable bonds is 8. The molecule has 0 atom stereocenters. The van der Waals surface area contributed by atoms with Crippen LogP contribution in [-0.2, 0) is 18.4 Å². The summed E-state index contributed by atoms with van der Waals surface area (Å²) in [6, 6.07) is 14.7. The number of nitrogens with zero attached hydrogens (tertiary/aromatic N) is 4. The standard InChI is InChI=1S/C19H18N6O4S/c1-24-16(11-20-18(27)13-7-3-2-4-8-13)22-23-19(24)30-12-17(26)21-14-9-5-6-10-15(14)25(28)29/h2-10H,11-12H2,1H3,(H,20,27)(H,21,26). The Balaban J connectivity index is 1.54. The summed E-state index contributed by atoms with van der Waals surface area (Å²) in [6.45, 7) is 0.181. The number of hydrogen-bond donors (Lipinski definition) is 2. The highest BCUT2D eigenvalue weighted by Gasteiger charge is 2.16. The molecule has 0 fully saturated rings. The second-order valence-electron chi connectivity index (χ2n) is 6.12. The zero-order valence-electron chi connectivity index (χ0n) is 15.9. The minimum absolute atomic E-state index is 0.00556. The molecular weight excluding hydrogens is 408 g/mol. The summed E-state index contributed by atoms with van der Waals surface area (Å²) in [5.74, 6) is -0.109. The lowest BCUT2D eigenvalue weighted by atomic mass is 10.2. The first-order valence-corrected chi connectivity index (χ1v) is 9.82. The molecule has 1 heterocycles. The van der Waals surface area contributed by atoms with Crippen LogP contribution in [0.3, 0.4) is 0 Å². The van der Waals surface area contributed by atoms with E-state index in [1.54, 1.807) is 41.9 Å². The molecule has 2 N–H and O–H groups in total. The first-order valence-electron chi connectivity index (χ1n) is 8.83. The smallest absolute Gasteiger partial charge is 0.292 e. The SMILES string of the molecule is Cn1c(CNC(=O)c2ccccc2)nnc1SCC(=O)Nc1ccccc1[N+](=O)[O-]. The van der Waals surface area contributed by atoms with Gasteiger partial charge in [0.2, 0.25) is 5.91 Å². The fourth-order valence-electron chi connectivity index (χ4n) is 2.53. The molecule has 0 aliphatic heterocycles. The Morgan fingerprint density at radius 3 is 2.53 bits per heavy atom. The number of nitro groups is 1. The highest BCUT2D eigenvalue weighted by molar-refractivity contribution is 7.99. The van der Waals surface area contributed by atoms with E-state index in [0.717, 1.165) is 11.8 Å². The summed E-state index contributed by atoms with van der Waals surface area (Å²) >= 11 is 1.13. The topological polar surface area (TPSA) is 132 Å². The summed E-state index contributed by atoms with van der Waals surface area (Å²) in [5, 5.41) is 24.9. The molecule has 3 rings (SSSR count). The van der Waals surface area contributed by atoms with Crippen molar-refractivity contribution in [1.29, 1.82) is 0 Å². The molecule has 11 heteroatoms. The van der Waals surface area contributed by atoms with Gasteiger partial charge in [0.15, 0.2) is 11.0 Å². The van der Waals surface area contributed by atoms with E-state index < -0.39 is 10.8 Å². The van der Waals surface area contributed by atoms with Gasteiger partial charge < -0.3 is 15.2 Å². The Kier molecular flexibility index (Phi) is 6.75. The van der Waals surface area contributed by atoms with Gasteiger partial charge in [-0.3, -0.25) is 19.7 Å². The van der Waals surface area contributed by atoms with E-state index in [2.05, 4.69) is 20.8 Å². The van der Waals surface area contributed by atoms with Crippen LogP contribution in [0.15, 0.2) is 59.8 Å². The fourth-order valence-corrected chi connectivity index (χ4v) is 3.26. The van der Waals surface area contributed by atoms with Crippen molar-refractivity contribution in [3.8, 4) is 0 Å². The second kappa shape index (κ2) is 9.65. The van der Waals surface area contributed by atoms with Crippen molar-refractivity contribution >= 4 is 35.0 Å². The lowest BCUT2D eigenvalue weighted by molar-refractivity contribution is -0.383. The number of carbonyl (C=O) groups excluding carboxylic acids is 2. The lowest BCUT2D eigenvalue weighted by Gasteiger charge is -2.07. The Morgan fingerprint density at radius 1 is 1.10 bits per heavy atom. The van der Waals surface area contributed by atoms with Gasteiger partial charge in [0.25, 0.3) is 11.6 Å². The van der Waals surface area contributed by atoms with Gasteiger partial charge >= 0.3 is 0 Å². The molecule has 0 bridgehead atoms. The molecule has 2 aromatic carbocycles. The van der Waals surface area contributed by atoms with Crippen LogP contribution in [0.25, 0.3) is 0 Å². The maximum atomic E-state index is 12.2. The minimum atomic E-state index is -0.554. The lowest BCUT2D eigenvalue weighted by Crippen LogP contribution is -2.24. The summed E-state index contributed by atoms with van der Waals surface area (Å²) in [7, 11) is 1.73. The number of carbonyl (C=O) groups is 2. The number of amides is 2. The summed E-state index contributed by atoms with van der Waals surface area (Å²) in [4.78, 5) is 34.8. The van der Waals surface area contributed by atoms with Crippen LogP contribution in [0.4, 0.5) is 11.4 Å². The molecule has 3 aromatic rings. The molecule has 1 aromatic heterocycles. The van der Waals surface area contributed by atoms with Crippen molar-refractivity contribution in [2.24, 2.45) is 7.05 Å². The number of anilines is 1. The molecule has 2 amide bonds. The molecule has 0 aliphatic rings. The van der Waals surface area contributed by atoms with Crippen LogP contribution >= 0.6 is 11.8 Å². The van der Waals surface area contributed by atoms with Gasteiger partial charge in [-0.05, 0) is 18.2 Å². The van der Waals surface area contributed by atoms with E-state index in [9.17, 15) is 19.7 Å². The third-order valence-electron chi connectivity index (χ3n) is 4.08. The summed E-state index contributed by atoms with van der Waals surface area (Å²) in [6.07, 6.45) is 0. The third kappa shape index (κ3) is 5.20. The number of aromatic nitrogens is 3. The van der Waals surface area contributed by atoms with Crippen molar-refractivity contribution in [3.63, 3.8) is 0 Å². The normalized spacial score (nSPS) is 10.4. The predicted octanol–water partition coefficient (Wildman–Crippen LogP) is 2.38. The first kappa shape index (κ1) is 21.0. The van der Waals surface area contributed by atoms with Crippen molar-refractivity contribution in [2.75, 3.05) is 11.1 Å². The molecule has 0 spiro atoms. The largest absolute Gasteiger partial charge is 0.345 e. The molecule has 154 valence electrons. The molecule has 0 unspecified atom stereocenters. The number of nitrogens with one attached hydrogen (secondary N) is 2. The molecule has 30 heavy (non-hydrogen) atoms. The van der Waals surface area contributed by atoms with Crippen LogP contribution in [0, 0.1) is 10.1 Å². The van der Waals surface area contributed by atoms with E-state index in [1.165, 1.54) is 18.2 Å². The van der Waals surface area contributed by atoms with Gasteiger partial charge in [0.05, 0.1) is 17.2 Å². The fraction of sp³-hybridized carbons (Fsp3) is 0.158. The minimum Gasteiger partial charge on any atom is -0.345 e. The van der Waals surface area contributed by atoms with Crippen molar-refractivity contribution < 1.29 is 14.5 Å². The Labute approximate surface area is 175 Å². The number of nitro benzene ring substituents is 1. The molecule has 0 saturated heterocycles. The number of thioether (sulfide) groups is 1. The number of benzene rings is 2. The van der Waals surface area contributed by atoms with E-state index >= 15 is 0 Å². The van der Waals surface area contributed by atoms with E-state index in [1.807, 2.05) is 6.07 Å². The molecular formula is C19H18N6O4S. The zero-order chi connectivity index (χ0) is 21.5. The highest BCUT2D eigenvalue weighted by Crippen LogP contribution is 2.24. The third-order valence-corrected chi connectivity index (χ3v) is 5.10. The van der Waals surface area contributed by atoms with Crippen LogP contribution < -0.4 is 10.6 Å². The summed E-state index contributed by atoms with van der Waals surface area (Å²) < 4.78 is 1.67. The highest BCUT2D eigenvalue weighted by atomic mass is 32.2. The van der Waals surface area contributed by atoms with E-state index in [0.29, 0.717) is 16.5 Å². The average Bonchev–Trinajstić information content (AvgIpc) is 3.10. The molecule has 0 saturated carbocycles. The monoisotopic (exact) mass is 426 g/mol. The predicted molar refractivity (Wildman–Crippen MR) is 111 cm³/mol. The molecule has 0 radical (unpaired) electrons. The first-order chi connectivity index (χ1) is 14.5. The van der Waals surface area contributed by atoms with Crippen LogP contribution in [-0.4, -0.2) is 37.3 Å². The van der Waals surface area contributed by atoms with Gasteiger partial charge in [0, 0.05) is 18.7 Å². The van der Waals surface area contributed by atoms with Crippen molar-refractivity contribution in [1.82, 2.24) is 20.1 Å². The second-order valence-corrected chi connectivity index (χ2v) is 7.06. The summed E-state index contributed by atoms with van der Waals surface area (Å²) in [5.41, 5.74) is 0.502. The maximum absolute atomic E-state index is 12.2. The van der Waals surface area contributed by atoms with Crippen molar-refractivity contribution in [2.45, 2.75) is 11.7 Å². The van der Waals surface area contributed by atoms with Gasteiger partial charge in [-0.25, -0.2) is 0 Å². The van der Waals surface area contributed by atoms with Gasteiger partial charge in [-0.2, -0.15) is 0 Å². The number of para-hydroxylation sites is 2. The van der Waals surface area contributed by atoms with E-state index in [4.69, 9.17) is 0 Å². The quantitative estimate of drug-likeness (QED) is 0.321. The van der Waals surface area contributed by atoms with Crippen LogP contribution in [0.2, 0.25) is 0 Å². The average molecular weight is 426 g/mol. The van der Waals surface area contributed by atoms with E-state index in [-0.39, 0.29) is 29.6 Å². The van der Waals surface area contributed by atoms with Crippen molar-refractivity contribution in [3.05, 3.63) is 76.1 Å². The van der Waals surface area contributed by atoms with Crippen LogP contribution in [0.5, 0.6) is 0 Å². The maximum Gasteiger partial charge on any atom is 0.292 e. The zero-order valence-corrected chi connectivity index (χ0v) is 16.8. The Bertz CT molecular complexity index is 1070. The number of hydrogen-bond acceptors (Lipinski definition) is 7. The Hall–Kier alpha value is -3.73. The Morgan fingerprint density at radius 2 is 1.80 bits per heavy atom.